The number of hydrogen-bond acceptors (Lipinski definition) is 4. The number of nitrogens with one attached hydrogen (secondary N) is 2. The highest BCUT2D eigenvalue weighted by atomic mass is 16.5. The van der Waals surface area contributed by atoms with Gasteiger partial charge in [0.25, 0.3) is 0 Å². The number of ether oxygens (including phenoxy) is 2. The van der Waals surface area contributed by atoms with Gasteiger partial charge in [-0.15, -0.1) is 0 Å². The summed E-state index contributed by atoms with van der Waals surface area (Å²) >= 11 is 0. The molecule has 3 aromatic rings. The first-order chi connectivity index (χ1) is 14.7. The Morgan fingerprint density at radius 3 is 2.63 bits per heavy atom. The molecule has 0 aliphatic rings. The summed E-state index contributed by atoms with van der Waals surface area (Å²) < 4.78 is 12.9. The number of benzene rings is 2. The minimum atomic E-state index is 0.487. The molecule has 0 amide bonds. The van der Waals surface area contributed by atoms with Gasteiger partial charge in [-0.05, 0) is 24.6 Å². The third kappa shape index (κ3) is 5.76. The maximum absolute atomic E-state index is 5.47. The fourth-order valence-electron chi connectivity index (χ4n) is 3.08. The third-order valence-electron chi connectivity index (χ3n) is 4.66. The number of rotatable bonds is 9. The van der Waals surface area contributed by atoms with Crippen molar-refractivity contribution in [3.8, 4) is 11.5 Å². The summed E-state index contributed by atoms with van der Waals surface area (Å²) in [7, 11) is 3.29. The molecule has 1 aromatic heterocycles. The number of aliphatic imine (C=N–C) groups is 1. The first kappa shape index (κ1) is 21.2. The number of imidazole rings is 1. The van der Waals surface area contributed by atoms with Crippen LogP contribution in [0.3, 0.4) is 0 Å². The van der Waals surface area contributed by atoms with E-state index in [2.05, 4.69) is 32.3 Å². The third-order valence-corrected chi connectivity index (χ3v) is 4.66. The van der Waals surface area contributed by atoms with Gasteiger partial charge in [0.05, 0.1) is 27.3 Å². The van der Waals surface area contributed by atoms with Crippen LogP contribution in [0.15, 0.2) is 65.9 Å². The lowest BCUT2D eigenvalue weighted by Gasteiger charge is -2.14. The zero-order chi connectivity index (χ0) is 21.2. The Bertz CT molecular complexity index is 953. The van der Waals surface area contributed by atoms with E-state index in [0.717, 1.165) is 41.9 Å². The Balaban J connectivity index is 1.66. The summed E-state index contributed by atoms with van der Waals surface area (Å²) in [4.78, 5) is 9.19. The second-order valence-corrected chi connectivity index (χ2v) is 6.68. The Morgan fingerprint density at radius 1 is 1.07 bits per heavy atom. The topological polar surface area (TPSA) is 72.7 Å². The van der Waals surface area contributed by atoms with Crippen molar-refractivity contribution >= 4 is 5.96 Å². The van der Waals surface area contributed by atoms with Gasteiger partial charge < -0.3 is 24.7 Å². The number of hydrogen-bond donors (Lipinski definition) is 2. The van der Waals surface area contributed by atoms with Crippen molar-refractivity contribution in [2.24, 2.45) is 4.99 Å². The van der Waals surface area contributed by atoms with Crippen LogP contribution in [0.1, 0.15) is 23.9 Å². The molecule has 0 atom stereocenters. The highest BCUT2D eigenvalue weighted by Crippen LogP contribution is 2.25. The van der Waals surface area contributed by atoms with E-state index in [1.807, 2.05) is 55.7 Å². The fraction of sp³-hybridized carbons (Fsp3) is 0.304. The number of methoxy groups -OCH3 is 2. The molecule has 7 nitrogen and oxygen atoms in total. The van der Waals surface area contributed by atoms with E-state index in [-0.39, 0.29) is 0 Å². The average molecular weight is 408 g/mol. The van der Waals surface area contributed by atoms with Gasteiger partial charge in [0.2, 0.25) is 0 Å². The van der Waals surface area contributed by atoms with Gasteiger partial charge >= 0.3 is 0 Å². The molecule has 30 heavy (non-hydrogen) atoms. The normalized spacial score (nSPS) is 11.2. The lowest BCUT2D eigenvalue weighted by Crippen LogP contribution is -2.37. The largest absolute Gasteiger partial charge is 0.497 e. The number of guanidine groups is 1. The van der Waals surface area contributed by atoms with Gasteiger partial charge in [0.15, 0.2) is 5.96 Å². The van der Waals surface area contributed by atoms with Gasteiger partial charge in [-0.2, -0.15) is 0 Å². The molecule has 7 heteroatoms. The second kappa shape index (κ2) is 10.9. The lowest BCUT2D eigenvalue weighted by molar-refractivity contribution is 0.391. The van der Waals surface area contributed by atoms with Gasteiger partial charge in [0, 0.05) is 37.1 Å². The molecule has 2 N–H and O–H groups in total. The Hall–Kier alpha value is -3.48. The zero-order valence-corrected chi connectivity index (χ0v) is 17.8. The first-order valence-electron chi connectivity index (χ1n) is 10.0. The van der Waals surface area contributed by atoms with E-state index >= 15 is 0 Å². The van der Waals surface area contributed by atoms with Crippen molar-refractivity contribution in [2.45, 2.75) is 26.6 Å². The maximum Gasteiger partial charge on any atom is 0.191 e. The molecule has 3 rings (SSSR count). The van der Waals surface area contributed by atoms with E-state index < -0.39 is 0 Å². The van der Waals surface area contributed by atoms with Crippen LogP contribution >= 0.6 is 0 Å². The molecule has 0 spiro atoms. The molecular weight excluding hydrogens is 378 g/mol. The van der Waals surface area contributed by atoms with Crippen LogP contribution in [0, 0.1) is 0 Å². The molecular formula is C23H29N5O2. The Labute approximate surface area is 177 Å². The van der Waals surface area contributed by atoms with E-state index in [0.29, 0.717) is 13.1 Å². The minimum Gasteiger partial charge on any atom is -0.497 e. The van der Waals surface area contributed by atoms with E-state index in [1.165, 1.54) is 5.56 Å². The predicted octanol–water partition coefficient (Wildman–Crippen LogP) is 3.20. The first-order valence-corrected chi connectivity index (χ1v) is 10.0. The molecule has 0 radical (unpaired) electrons. The van der Waals surface area contributed by atoms with Crippen LogP contribution in [0.25, 0.3) is 0 Å². The summed E-state index contributed by atoms with van der Waals surface area (Å²) in [5.74, 6) is 3.19. The summed E-state index contributed by atoms with van der Waals surface area (Å²) in [6.45, 7) is 4.66. The van der Waals surface area contributed by atoms with Crippen LogP contribution in [-0.4, -0.2) is 36.3 Å². The van der Waals surface area contributed by atoms with E-state index in [4.69, 9.17) is 14.5 Å². The summed E-state index contributed by atoms with van der Waals surface area (Å²) in [5.41, 5.74) is 2.23. The standard InChI is InChI=1S/C23H29N5O2/c1-4-24-23(26-15-19-10-11-20(29-2)14-21(19)30-3)27-16-22-25-12-13-28(22)17-18-8-6-5-7-9-18/h5-14H,4,15-17H2,1-3H3,(H2,24,26,27). The molecule has 158 valence electrons. The molecule has 1 heterocycles. The highest BCUT2D eigenvalue weighted by molar-refractivity contribution is 5.79. The molecule has 0 unspecified atom stereocenters. The van der Waals surface area contributed by atoms with Gasteiger partial charge in [-0.1, -0.05) is 30.3 Å². The fourth-order valence-corrected chi connectivity index (χ4v) is 3.08. The molecule has 0 aliphatic heterocycles. The zero-order valence-electron chi connectivity index (χ0n) is 17.8. The van der Waals surface area contributed by atoms with Crippen molar-refractivity contribution in [1.29, 1.82) is 0 Å². The molecule has 0 aliphatic carbocycles. The van der Waals surface area contributed by atoms with Crippen molar-refractivity contribution in [1.82, 2.24) is 20.2 Å². The summed E-state index contributed by atoms with van der Waals surface area (Å²) in [6, 6.07) is 16.1. The van der Waals surface area contributed by atoms with Crippen molar-refractivity contribution in [3.63, 3.8) is 0 Å². The molecule has 0 saturated carbocycles. The summed E-state index contributed by atoms with van der Waals surface area (Å²) in [5, 5.41) is 6.65. The SMILES string of the molecule is CCNC(=NCc1ccc(OC)cc1OC)NCc1nccn1Cc1ccccc1. The van der Waals surface area contributed by atoms with E-state index in [1.54, 1.807) is 14.2 Å². The molecule has 0 bridgehead atoms. The van der Waals surface area contributed by atoms with Crippen LogP contribution in [-0.2, 0) is 19.6 Å². The van der Waals surface area contributed by atoms with Crippen LogP contribution in [0.5, 0.6) is 11.5 Å². The average Bonchev–Trinajstić information content (AvgIpc) is 3.23. The Kier molecular flexibility index (Phi) is 7.71. The van der Waals surface area contributed by atoms with Gasteiger partial charge in [0.1, 0.15) is 17.3 Å². The van der Waals surface area contributed by atoms with Crippen molar-refractivity contribution in [2.75, 3.05) is 20.8 Å². The van der Waals surface area contributed by atoms with Gasteiger partial charge in [-0.3, -0.25) is 0 Å². The second-order valence-electron chi connectivity index (χ2n) is 6.68. The highest BCUT2D eigenvalue weighted by Gasteiger charge is 2.07. The monoisotopic (exact) mass is 407 g/mol. The van der Waals surface area contributed by atoms with E-state index in [9.17, 15) is 0 Å². The van der Waals surface area contributed by atoms with Crippen molar-refractivity contribution in [3.05, 3.63) is 77.9 Å². The molecule has 0 fully saturated rings. The summed E-state index contributed by atoms with van der Waals surface area (Å²) in [6.07, 6.45) is 3.82. The Morgan fingerprint density at radius 2 is 1.90 bits per heavy atom. The number of nitrogens with zero attached hydrogens (tertiary/aromatic N) is 3. The minimum absolute atomic E-state index is 0.487. The van der Waals surface area contributed by atoms with Crippen LogP contribution < -0.4 is 20.1 Å². The number of aromatic nitrogens is 2. The molecule has 2 aromatic carbocycles. The molecule has 0 saturated heterocycles. The van der Waals surface area contributed by atoms with Crippen molar-refractivity contribution < 1.29 is 9.47 Å². The maximum atomic E-state index is 5.47. The van der Waals surface area contributed by atoms with Crippen LogP contribution in [0.4, 0.5) is 0 Å². The quantitative estimate of drug-likeness (QED) is 0.421. The smallest absolute Gasteiger partial charge is 0.191 e. The predicted molar refractivity (Wildman–Crippen MR) is 119 cm³/mol. The van der Waals surface area contributed by atoms with Crippen LogP contribution in [0.2, 0.25) is 0 Å². The van der Waals surface area contributed by atoms with Gasteiger partial charge in [-0.25, -0.2) is 9.98 Å². The lowest BCUT2D eigenvalue weighted by atomic mass is 10.2.